The van der Waals surface area contributed by atoms with Crippen molar-refractivity contribution in [1.29, 1.82) is 0 Å². The fraction of sp³-hybridized carbons (Fsp3) is 0.222. The number of nitrogens with two attached hydrogens (primary N) is 1. The second-order valence-electron chi connectivity index (χ2n) is 2.83. The predicted molar refractivity (Wildman–Crippen MR) is 64.0 cm³/mol. The average molecular weight is 259 g/mol. The fourth-order valence-electron chi connectivity index (χ4n) is 1.06. The Morgan fingerprint density at radius 3 is 2.54 bits per heavy atom. The quantitative estimate of drug-likeness (QED) is 0.761. The Morgan fingerprint density at radius 1 is 1.38 bits per heavy atom. The van der Waals surface area contributed by atoms with Crippen molar-refractivity contribution in [3.05, 3.63) is 27.7 Å². The van der Waals surface area contributed by atoms with Gasteiger partial charge in [0.05, 0.1) is 0 Å². The van der Waals surface area contributed by atoms with Crippen LogP contribution in [0.5, 0.6) is 0 Å². The topological polar surface area (TPSA) is 38.0 Å². The van der Waals surface area contributed by atoms with Gasteiger partial charge in [0.1, 0.15) is 0 Å². The van der Waals surface area contributed by atoms with E-state index in [1.165, 1.54) is 5.56 Å². The highest BCUT2D eigenvalue weighted by Crippen LogP contribution is 2.25. The van der Waals surface area contributed by atoms with E-state index in [-0.39, 0.29) is 0 Å². The van der Waals surface area contributed by atoms with E-state index >= 15 is 0 Å². The Balaban J connectivity index is 3.10. The number of halogens is 1. The van der Waals surface area contributed by atoms with Crippen LogP contribution >= 0.6 is 28.1 Å². The Labute approximate surface area is 91.6 Å². The molecule has 0 aliphatic carbocycles. The minimum absolute atomic E-state index is 0.296. The molecule has 0 atom stereocenters. The first-order valence-electron chi connectivity index (χ1n) is 3.84. The van der Waals surface area contributed by atoms with Crippen LogP contribution in [0.1, 0.15) is 11.1 Å². The molecule has 3 N–H and O–H groups in total. The molecule has 0 radical (unpaired) electrons. The molecule has 70 valence electrons. The Morgan fingerprint density at radius 2 is 2.00 bits per heavy atom. The third-order valence-corrected chi connectivity index (χ3v) is 2.94. The van der Waals surface area contributed by atoms with Crippen LogP contribution in [-0.2, 0) is 0 Å². The lowest BCUT2D eigenvalue weighted by Crippen LogP contribution is -2.19. The van der Waals surface area contributed by atoms with Gasteiger partial charge >= 0.3 is 0 Å². The maximum absolute atomic E-state index is 5.39. The largest absolute Gasteiger partial charge is 0.376 e. The maximum Gasteiger partial charge on any atom is 0.168 e. The van der Waals surface area contributed by atoms with E-state index in [9.17, 15) is 0 Å². The summed E-state index contributed by atoms with van der Waals surface area (Å²) in [5.41, 5.74) is 8.71. The molecule has 13 heavy (non-hydrogen) atoms. The first kappa shape index (κ1) is 10.5. The molecule has 0 heterocycles. The summed E-state index contributed by atoms with van der Waals surface area (Å²) < 4.78 is 1.10. The number of nitrogens with one attached hydrogen (secondary N) is 1. The summed E-state index contributed by atoms with van der Waals surface area (Å²) in [5, 5.41) is 3.23. The number of thiocarbonyl (C=S) groups is 1. The average Bonchev–Trinajstić information content (AvgIpc) is 2.06. The highest BCUT2D eigenvalue weighted by molar-refractivity contribution is 9.10. The van der Waals surface area contributed by atoms with Crippen molar-refractivity contribution in [3.63, 3.8) is 0 Å². The third-order valence-electron chi connectivity index (χ3n) is 1.98. The van der Waals surface area contributed by atoms with Gasteiger partial charge in [-0.1, -0.05) is 15.9 Å². The van der Waals surface area contributed by atoms with E-state index in [2.05, 4.69) is 21.2 Å². The van der Waals surface area contributed by atoms with E-state index < -0.39 is 0 Å². The fourth-order valence-corrected chi connectivity index (χ4v) is 1.60. The van der Waals surface area contributed by atoms with Gasteiger partial charge in [0, 0.05) is 10.2 Å². The summed E-state index contributed by atoms with van der Waals surface area (Å²) in [5.74, 6) is 0. The number of benzene rings is 1. The molecule has 0 aromatic heterocycles. The zero-order valence-electron chi connectivity index (χ0n) is 7.52. The van der Waals surface area contributed by atoms with E-state index in [1.54, 1.807) is 0 Å². The van der Waals surface area contributed by atoms with Crippen LogP contribution in [0, 0.1) is 13.8 Å². The molecule has 0 fully saturated rings. The van der Waals surface area contributed by atoms with Crippen molar-refractivity contribution in [2.75, 3.05) is 5.32 Å². The summed E-state index contributed by atoms with van der Waals surface area (Å²) in [6.07, 6.45) is 0. The van der Waals surface area contributed by atoms with Crippen LogP contribution < -0.4 is 11.1 Å². The molecule has 2 nitrogen and oxygen atoms in total. The third kappa shape index (κ3) is 2.42. The van der Waals surface area contributed by atoms with Crippen LogP contribution in [0.25, 0.3) is 0 Å². The molecule has 0 saturated heterocycles. The monoisotopic (exact) mass is 258 g/mol. The molecule has 1 rings (SSSR count). The van der Waals surface area contributed by atoms with Crippen molar-refractivity contribution in [1.82, 2.24) is 0 Å². The molecule has 1 aromatic carbocycles. The van der Waals surface area contributed by atoms with Gasteiger partial charge < -0.3 is 11.1 Å². The zero-order chi connectivity index (χ0) is 10.0. The van der Waals surface area contributed by atoms with Gasteiger partial charge in [0.15, 0.2) is 5.11 Å². The zero-order valence-corrected chi connectivity index (χ0v) is 9.92. The minimum atomic E-state index is 0.296. The highest BCUT2D eigenvalue weighted by atomic mass is 79.9. The van der Waals surface area contributed by atoms with E-state index in [0.717, 1.165) is 15.7 Å². The number of rotatable bonds is 1. The standard InChI is InChI=1S/C9H11BrN2S/c1-5-6(2)8(12-9(11)13)4-3-7(5)10/h3-4H,1-2H3,(H3,11,12,13). The molecule has 0 amide bonds. The summed E-state index contributed by atoms with van der Waals surface area (Å²) in [6.45, 7) is 4.07. The van der Waals surface area contributed by atoms with Gasteiger partial charge in [-0.3, -0.25) is 0 Å². The Bertz CT molecular complexity index is 350. The first-order chi connectivity index (χ1) is 6.02. The Kier molecular flexibility index (Phi) is 3.27. The van der Waals surface area contributed by atoms with Crippen LogP contribution in [0.3, 0.4) is 0 Å². The highest BCUT2D eigenvalue weighted by Gasteiger charge is 2.03. The second-order valence-corrected chi connectivity index (χ2v) is 4.13. The molecule has 0 saturated carbocycles. The molecular formula is C9H11BrN2S. The first-order valence-corrected chi connectivity index (χ1v) is 5.04. The number of anilines is 1. The lowest BCUT2D eigenvalue weighted by molar-refractivity contribution is 1.31. The molecule has 0 aliphatic rings. The van der Waals surface area contributed by atoms with Crippen LogP contribution in [0.2, 0.25) is 0 Å². The SMILES string of the molecule is Cc1c(Br)ccc(NC(N)=S)c1C. The van der Waals surface area contributed by atoms with Crippen molar-refractivity contribution >= 4 is 38.9 Å². The summed E-state index contributed by atoms with van der Waals surface area (Å²) in [6, 6.07) is 3.93. The number of hydrogen-bond donors (Lipinski definition) is 2. The molecule has 0 bridgehead atoms. The minimum Gasteiger partial charge on any atom is -0.376 e. The van der Waals surface area contributed by atoms with Gasteiger partial charge in [-0.2, -0.15) is 0 Å². The summed E-state index contributed by atoms with van der Waals surface area (Å²) in [4.78, 5) is 0. The lowest BCUT2D eigenvalue weighted by Gasteiger charge is -2.11. The van der Waals surface area contributed by atoms with E-state index in [0.29, 0.717) is 5.11 Å². The molecule has 1 aromatic rings. The number of hydrogen-bond acceptors (Lipinski definition) is 1. The van der Waals surface area contributed by atoms with Gasteiger partial charge in [-0.05, 0) is 49.3 Å². The Hall–Kier alpha value is -0.610. The molecule has 4 heteroatoms. The van der Waals surface area contributed by atoms with Gasteiger partial charge in [-0.25, -0.2) is 0 Å². The van der Waals surface area contributed by atoms with Crippen LogP contribution in [0.15, 0.2) is 16.6 Å². The molecule has 0 aliphatic heterocycles. The van der Waals surface area contributed by atoms with Crippen LogP contribution in [-0.4, -0.2) is 5.11 Å². The van der Waals surface area contributed by atoms with Crippen molar-refractivity contribution < 1.29 is 0 Å². The van der Waals surface area contributed by atoms with Gasteiger partial charge in [0.2, 0.25) is 0 Å². The second kappa shape index (κ2) is 4.07. The van der Waals surface area contributed by atoms with E-state index in [1.807, 2.05) is 26.0 Å². The molecule has 0 unspecified atom stereocenters. The van der Waals surface area contributed by atoms with Crippen LogP contribution in [0.4, 0.5) is 5.69 Å². The molecular weight excluding hydrogens is 248 g/mol. The summed E-state index contributed by atoms with van der Waals surface area (Å²) >= 11 is 8.22. The normalized spacial score (nSPS) is 9.77. The molecule has 0 spiro atoms. The summed E-state index contributed by atoms with van der Waals surface area (Å²) in [7, 11) is 0. The van der Waals surface area contributed by atoms with Gasteiger partial charge in [0.25, 0.3) is 0 Å². The van der Waals surface area contributed by atoms with E-state index in [4.69, 9.17) is 18.0 Å². The van der Waals surface area contributed by atoms with Crippen molar-refractivity contribution in [2.45, 2.75) is 13.8 Å². The maximum atomic E-state index is 5.39. The van der Waals surface area contributed by atoms with Crippen molar-refractivity contribution in [2.24, 2.45) is 5.73 Å². The van der Waals surface area contributed by atoms with Gasteiger partial charge in [-0.15, -0.1) is 0 Å². The smallest absolute Gasteiger partial charge is 0.168 e. The predicted octanol–water partition coefficient (Wildman–Crippen LogP) is 2.72. The lowest BCUT2D eigenvalue weighted by atomic mass is 10.1. The van der Waals surface area contributed by atoms with Crippen molar-refractivity contribution in [3.8, 4) is 0 Å².